The summed E-state index contributed by atoms with van der Waals surface area (Å²) in [4.78, 5) is 13.7. The number of halogens is 3. The molecule has 1 aliphatic heterocycles. The number of rotatable bonds is 6. The van der Waals surface area contributed by atoms with E-state index in [0.717, 1.165) is 0 Å². The van der Waals surface area contributed by atoms with Crippen LogP contribution in [-0.2, 0) is 4.79 Å². The smallest absolute Gasteiger partial charge is 0.353 e. The van der Waals surface area contributed by atoms with Crippen molar-refractivity contribution < 1.29 is 18.0 Å². The summed E-state index contributed by atoms with van der Waals surface area (Å²) < 4.78 is 36.9. The van der Waals surface area contributed by atoms with E-state index in [-0.39, 0.29) is 11.9 Å². The predicted molar refractivity (Wildman–Crippen MR) is 75.7 cm³/mol. The molecule has 1 heterocycles. The maximum atomic E-state index is 12.4. The number of nitrogens with one attached hydrogen (secondary N) is 1. The molecular formula is C14H26F3N3O. The molecule has 7 heteroatoms. The Morgan fingerprint density at radius 1 is 1.24 bits per heavy atom. The molecule has 0 aromatic carbocycles. The van der Waals surface area contributed by atoms with Gasteiger partial charge in [-0.3, -0.25) is 9.69 Å². The molecule has 0 saturated carbocycles. The first kappa shape index (κ1) is 18.2. The Labute approximate surface area is 124 Å². The number of likely N-dealkylation sites (tertiary alicyclic amines) is 1. The molecule has 0 aromatic rings. The van der Waals surface area contributed by atoms with Gasteiger partial charge in [0.15, 0.2) is 0 Å². The quantitative estimate of drug-likeness (QED) is 0.788. The minimum atomic E-state index is -4.16. The molecule has 0 bridgehead atoms. The second kappa shape index (κ2) is 7.45. The summed E-state index contributed by atoms with van der Waals surface area (Å²) in [6.45, 7) is 4.00. The highest BCUT2D eigenvalue weighted by Crippen LogP contribution is 2.26. The Morgan fingerprint density at radius 2 is 1.76 bits per heavy atom. The molecule has 4 nitrogen and oxygen atoms in total. The van der Waals surface area contributed by atoms with Crippen LogP contribution in [-0.4, -0.2) is 49.2 Å². The van der Waals surface area contributed by atoms with E-state index < -0.39 is 18.1 Å². The zero-order valence-electron chi connectivity index (χ0n) is 12.8. The molecule has 0 spiro atoms. The van der Waals surface area contributed by atoms with Crippen molar-refractivity contribution in [3.05, 3.63) is 0 Å². The van der Waals surface area contributed by atoms with E-state index in [1.54, 1.807) is 0 Å². The number of hydrogen-bond donors (Lipinski definition) is 2. The lowest BCUT2D eigenvalue weighted by molar-refractivity contribution is -0.149. The van der Waals surface area contributed by atoms with Gasteiger partial charge in [-0.15, -0.1) is 0 Å². The van der Waals surface area contributed by atoms with Crippen LogP contribution >= 0.6 is 0 Å². The van der Waals surface area contributed by atoms with E-state index in [1.807, 2.05) is 13.8 Å². The lowest BCUT2D eigenvalue weighted by Crippen LogP contribution is -2.52. The summed E-state index contributed by atoms with van der Waals surface area (Å²) in [7, 11) is 0. The molecule has 0 unspecified atom stereocenters. The normalized spacial score (nSPS) is 18.8. The van der Waals surface area contributed by atoms with Crippen LogP contribution in [0.1, 0.15) is 39.5 Å². The minimum Gasteiger partial charge on any atom is -0.353 e. The molecule has 1 saturated heterocycles. The molecule has 124 valence electrons. The SMILES string of the molecule is CCC(CC)(CN)C(=O)NC1CCN(CC(F)(F)F)CC1. The summed E-state index contributed by atoms with van der Waals surface area (Å²) in [5.41, 5.74) is 5.18. The van der Waals surface area contributed by atoms with Crippen LogP contribution in [0.25, 0.3) is 0 Å². The fourth-order valence-corrected chi connectivity index (χ4v) is 2.78. The van der Waals surface area contributed by atoms with E-state index in [4.69, 9.17) is 5.73 Å². The van der Waals surface area contributed by atoms with Crippen LogP contribution in [0.4, 0.5) is 13.2 Å². The summed E-state index contributed by atoms with van der Waals surface area (Å²) in [6.07, 6.45) is -1.72. The van der Waals surface area contributed by atoms with Gasteiger partial charge in [-0.2, -0.15) is 13.2 Å². The number of piperidine rings is 1. The second-order valence-corrected chi connectivity index (χ2v) is 5.83. The lowest BCUT2D eigenvalue weighted by Gasteiger charge is -2.35. The van der Waals surface area contributed by atoms with Crippen molar-refractivity contribution in [1.82, 2.24) is 10.2 Å². The third-order valence-corrected chi connectivity index (χ3v) is 4.55. The minimum absolute atomic E-state index is 0.0500. The van der Waals surface area contributed by atoms with Gasteiger partial charge in [-0.1, -0.05) is 13.8 Å². The van der Waals surface area contributed by atoms with Crippen LogP contribution in [0.2, 0.25) is 0 Å². The molecule has 3 N–H and O–H groups in total. The first-order valence-electron chi connectivity index (χ1n) is 7.56. The summed E-state index contributed by atoms with van der Waals surface area (Å²) in [5, 5.41) is 2.97. The number of hydrogen-bond acceptors (Lipinski definition) is 3. The topological polar surface area (TPSA) is 58.4 Å². The van der Waals surface area contributed by atoms with Crippen LogP contribution in [0, 0.1) is 5.41 Å². The lowest BCUT2D eigenvalue weighted by atomic mass is 9.81. The van der Waals surface area contributed by atoms with Crippen molar-refractivity contribution in [2.24, 2.45) is 11.1 Å². The maximum Gasteiger partial charge on any atom is 0.401 e. The third kappa shape index (κ3) is 5.14. The standard InChI is InChI=1S/C14H26F3N3O/c1-3-13(4-2,9-18)12(21)19-11-5-7-20(8-6-11)10-14(15,16)17/h11H,3-10,18H2,1-2H3,(H,19,21). The fourth-order valence-electron chi connectivity index (χ4n) is 2.78. The van der Waals surface area contributed by atoms with Gasteiger partial charge in [0, 0.05) is 25.7 Å². The number of nitrogens with two attached hydrogens (primary N) is 1. The van der Waals surface area contributed by atoms with Gasteiger partial charge in [0.1, 0.15) is 0 Å². The van der Waals surface area contributed by atoms with E-state index >= 15 is 0 Å². The zero-order valence-corrected chi connectivity index (χ0v) is 12.8. The van der Waals surface area contributed by atoms with E-state index in [1.165, 1.54) is 4.90 Å². The largest absolute Gasteiger partial charge is 0.401 e. The van der Waals surface area contributed by atoms with Crippen LogP contribution in [0.15, 0.2) is 0 Å². The Balaban J connectivity index is 2.47. The molecule has 21 heavy (non-hydrogen) atoms. The number of nitrogens with zero attached hydrogens (tertiary/aromatic N) is 1. The molecule has 0 atom stereocenters. The van der Waals surface area contributed by atoms with Crippen molar-refractivity contribution in [1.29, 1.82) is 0 Å². The molecule has 1 rings (SSSR count). The van der Waals surface area contributed by atoms with Gasteiger partial charge in [-0.25, -0.2) is 0 Å². The molecule has 0 aliphatic carbocycles. The number of carbonyl (C=O) groups excluding carboxylic acids is 1. The summed E-state index contributed by atoms with van der Waals surface area (Å²) in [5.74, 6) is -0.0655. The second-order valence-electron chi connectivity index (χ2n) is 5.83. The van der Waals surface area contributed by atoms with Gasteiger partial charge in [0.25, 0.3) is 0 Å². The van der Waals surface area contributed by atoms with Crippen molar-refractivity contribution in [2.75, 3.05) is 26.2 Å². The average molecular weight is 309 g/mol. The highest BCUT2D eigenvalue weighted by molar-refractivity contribution is 5.83. The average Bonchev–Trinajstić information content (AvgIpc) is 2.42. The van der Waals surface area contributed by atoms with Gasteiger partial charge >= 0.3 is 6.18 Å². The van der Waals surface area contributed by atoms with Gasteiger partial charge in [-0.05, 0) is 25.7 Å². The molecule has 1 amide bonds. The van der Waals surface area contributed by atoms with Crippen molar-refractivity contribution in [3.63, 3.8) is 0 Å². The zero-order chi connectivity index (χ0) is 16.1. The molecule has 1 fully saturated rings. The highest BCUT2D eigenvalue weighted by atomic mass is 19.4. The van der Waals surface area contributed by atoms with Crippen LogP contribution in [0.5, 0.6) is 0 Å². The summed E-state index contributed by atoms with van der Waals surface area (Å²) in [6, 6.07) is -0.0500. The molecule has 0 aromatic heterocycles. The van der Waals surface area contributed by atoms with Gasteiger partial charge in [0.2, 0.25) is 5.91 Å². The molecular weight excluding hydrogens is 283 g/mol. The van der Waals surface area contributed by atoms with E-state index in [2.05, 4.69) is 5.32 Å². The number of alkyl halides is 3. The first-order valence-corrected chi connectivity index (χ1v) is 7.56. The Morgan fingerprint density at radius 3 is 2.14 bits per heavy atom. The van der Waals surface area contributed by atoms with Gasteiger partial charge < -0.3 is 11.1 Å². The molecule has 0 radical (unpaired) electrons. The highest BCUT2D eigenvalue weighted by Gasteiger charge is 2.36. The third-order valence-electron chi connectivity index (χ3n) is 4.55. The van der Waals surface area contributed by atoms with Gasteiger partial charge in [0.05, 0.1) is 12.0 Å². The maximum absolute atomic E-state index is 12.4. The van der Waals surface area contributed by atoms with E-state index in [9.17, 15) is 18.0 Å². The van der Waals surface area contributed by atoms with Crippen molar-refractivity contribution >= 4 is 5.91 Å². The van der Waals surface area contributed by atoms with Crippen LogP contribution in [0.3, 0.4) is 0 Å². The van der Waals surface area contributed by atoms with Crippen molar-refractivity contribution in [3.8, 4) is 0 Å². The predicted octanol–water partition coefficient (Wildman–Crippen LogP) is 1.89. The number of amides is 1. The van der Waals surface area contributed by atoms with Crippen LogP contribution < -0.4 is 11.1 Å². The Bertz CT molecular complexity index is 327. The molecule has 1 aliphatic rings. The summed E-state index contributed by atoms with van der Waals surface area (Å²) >= 11 is 0. The monoisotopic (exact) mass is 309 g/mol. The Hall–Kier alpha value is -0.820. The van der Waals surface area contributed by atoms with Crippen molar-refractivity contribution in [2.45, 2.75) is 51.7 Å². The number of carbonyl (C=O) groups is 1. The van der Waals surface area contributed by atoms with E-state index in [0.29, 0.717) is 45.3 Å². The fraction of sp³-hybridized carbons (Fsp3) is 0.929. The Kier molecular flexibility index (Phi) is 6.46. The first-order chi connectivity index (χ1) is 9.76.